The van der Waals surface area contributed by atoms with Crippen molar-refractivity contribution < 1.29 is 4.74 Å². The third-order valence-corrected chi connectivity index (χ3v) is 3.50. The molecule has 1 aromatic carbocycles. The van der Waals surface area contributed by atoms with E-state index in [1.165, 1.54) is 11.1 Å². The van der Waals surface area contributed by atoms with Gasteiger partial charge in [-0.15, -0.1) is 0 Å². The van der Waals surface area contributed by atoms with Crippen molar-refractivity contribution in [3.05, 3.63) is 30.1 Å². The Bertz CT molecular complexity index is 545. The van der Waals surface area contributed by atoms with Crippen molar-refractivity contribution in [3.8, 4) is 0 Å². The van der Waals surface area contributed by atoms with Crippen molar-refractivity contribution in [1.29, 1.82) is 0 Å². The fraction of sp³-hybridized carbons (Fsp3) is 0.500. The van der Waals surface area contributed by atoms with Gasteiger partial charge in [0.05, 0.1) is 30.1 Å². The van der Waals surface area contributed by atoms with E-state index in [0.29, 0.717) is 0 Å². The highest BCUT2D eigenvalue weighted by atomic mass is 16.5. The van der Waals surface area contributed by atoms with Crippen molar-refractivity contribution >= 4 is 11.0 Å². The molecular formula is C14H20N4O. The van der Waals surface area contributed by atoms with E-state index in [0.717, 1.165) is 38.3 Å². The maximum atomic E-state index is 5.65. The Hall–Kier alpha value is -1.43. The Morgan fingerprint density at radius 1 is 1.53 bits per heavy atom. The smallest absolute Gasteiger partial charge is 0.0955 e. The lowest BCUT2D eigenvalue weighted by molar-refractivity contribution is 0.0291. The molecule has 1 unspecified atom stereocenters. The Balaban J connectivity index is 1.56. The maximum Gasteiger partial charge on any atom is 0.0955 e. The fourth-order valence-electron chi connectivity index (χ4n) is 2.42. The van der Waals surface area contributed by atoms with E-state index < -0.39 is 0 Å². The number of aryl methyl sites for hydroxylation is 1. The van der Waals surface area contributed by atoms with E-state index in [-0.39, 0.29) is 6.10 Å². The first kappa shape index (κ1) is 12.6. The van der Waals surface area contributed by atoms with Crippen molar-refractivity contribution in [3.63, 3.8) is 0 Å². The van der Waals surface area contributed by atoms with E-state index in [4.69, 9.17) is 4.74 Å². The number of hydrogen-bond donors (Lipinski definition) is 2. The fourth-order valence-corrected chi connectivity index (χ4v) is 2.42. The molecule has 1 aromatic heterocycles. The van der Waals surface area contributed by atoms with Gasteiger partial charge in [0.15, 0.2) is 0 Å². The number of nitrogens with one attached hydrogen (secondary N) is 2. The van der Waals surface area contributed by atoms with E-state index in [2.05, 4.69) is 33.8 Å². The molecule has 5 heteroatoms. The largest absolute Gasteiger partial charge is 0.374 e. The van der Waals surface area contributed by atoms with Crippen molar-refractivity contribution in [2.24, 2.45) is 7.05 Å². The molecule has 0 radical (unpaired) electrons. The standard InChI is InChI=1S/C14H20N4O/c1-18-10-17-13-6-11(2-3-14(13)18)7-16-9-12-8-15-4-5-19-12/h2-3,6,10,12,15-16H,4-5,7-9H2,1H3. The molecule has 0 saturated carbocycles. The highest BCUT2D eigenvalue weighted by Crippen LogP contribution is 2.13. The number of benzene rings is 1. The molecule has 3 rings (SSSR count). The lowest BCUT2D eigenvalue weighted by atomic mass is 10.2. The predicted molar refractivity (Wildman–Crippen MR) is 75.0 cm³/mol. The second kappa shape index (κ2) is 5.69. The number of imidazole rings is 1. The van der Waals surface area contributed by atoms with Gasteiger partial charge in [-0.3, -0.25) is 0 Å². The molecule has 2 heterocycles. The van der Waals surface area contributed by atoms with Gasteiger partial charge >= 0.3 is 0 Å². The molecule has 1 aliphatic heterocycles. The van der Waals surface area contributed by atoms with Crippen LogP contribution in [0.1, 0.15) is 5.56 Å². The van der Waals surface area contributed by atoms with Gasteiger partial charge in [-0.1, -0.05) is 6.07 Å². The molecule has 2 aromatic rings. The summed E-state index contributed by atoms with van der Waals surface area (Å²) < 4.78 is 7.68. The summed E-state index contributed by atoms with van der Waals surface area (Å²) in [7, 11) is 2.01. The number of aromatic nitrogens is 2. The van der Waals surface area contributed by atoms with Crippen LogP contribution in [0.5, 0.6) is 0 Å². The predicted octanol–water partition coefficient (Wildman–Crippen LogP) is 0.651. The summed E-state index contributed by atoms with van der Waals surface area (Å²) in [6.45, 7) is 4.45. The van der Waals surface area contributed by atoms with E-state index in [9.17, 15) is 0 Å². The van der Waals surface area contributed by atoms with Crippen LogP contribution < -0.4 is 10.6 Å². The normalized spacial score (nSPS) is 19.9. The monoisotopic (exact) mass is 260 g/mol. The van der Waals surface area contributed by atoms with Crippen LogP contribution in [0.2, 0.25) is 0 Å². The lowest BCUT2D eigenvalue weighted by Crippen LogP contribution is -2.43. The molecule has 0 aliphatic carbocycles. The molecule has 102 valence electrons. The highest BCUT2D eigenvalue weighted by Gasteiger charge is 2.12. The van der Waals surface area contributed by atoms with Gasteiger partial charge in [0.1, 0.15) is 0 Å². The summed E-state index contributed by atoms with van der Waals surface area (Å²) >= 11 is 0. The van der Waals surface area contributed by atoms with Gasteiger partial charge in [-0.25, -0.2) is 4.98 Å². The van der Waals surface area contributed by atoms with Crippen LogP contribution in [-0.2, 0) is 18.3 Å². The van der Waals surface area contributed by atoms with Crippen molar-refractivity contribution in [2.45, 2.75) is 12.6 Å². The number of rotatable bonds is 4. The van der Waals surface area contributed by atoms with Gasteiger partial charge in [-0.05, 0) is 17.7 Å². The molecule has 1 saturated heterocycles. The van der Waals surface area contributed by atoms with Crippen LogP contribution in [0, 0.1) is 0 Å². The summed E-state index contributed by atoms with van der Waals surface area (Å²) in [5.41, 5.74) is 3.48. The second-order valence-corrected chi connectivity index (χ2v) is 5.01. The zero-order valence-corrected chi connectivity index (χ0v) is 11.2. The quantitative estimate of drug-likeness (QED) is 0.847. The number of ether oxygens (including phenoxy) is 1. The Morgan fingerprint density at radius 3 is 3.32 bits per heavy atom. The first-order valence-corrected chi connectivity index (χ1v) is 6.76. The molecule has 2 N–H and O–H groups in total. The van der Waals surface area contributed by atoms with Crippen LogP contribution in [0.15, 0.2) is 24.5 Å². The Morgan fingerprint density at radius 2 is 2.47 bits per heavy atom. The maximum absolute atomic E-state index is 5.65. The van der Waals surface area contributed by atoms with Crippen LogP contribution >= 0.6 is 0 Å². The minimum absolute atomic E-state index is 0.285. The number of hydrogen-bond acceptors (Lipinski definition) is 4. The highest BCUT2D eigenvalue weighted by molar-refractivity contribution is 5.75. The Labute approximate surface area is 113 Å². The lowest BCUT2D eigenvalue weighted by Gasteiger charge is -2.23. The third kappa shape index (κ3) is 2.94. The van der Waals surface area contributed by atoms with Crippen molar-refractivity contribution in [2.75, 3.05) is 26.2 Å². The van der Waals surface area contributed by atoms with Gasteiger partial charge in [-0.2, -0.15) is 0 Å². The van der Waals surface area contributed by atoms with Gasteiger partial charge in [0.2, 0.25) is 0 Å². The van der Waals surface area contributed by atoms with Crippen LogP contribution in [-0.4, -0.2) is 41.9 Å². The topological polar surface area (TPSA) is 51.1 Å². The average Bonchev–Trinajstić information content (AvgIpc) is 2.81. The average molecular weight is 260 g/mol. The van der Waals surface area contributed by atoms with Crippen LogP contribution in [0.3, 0.4) is 0 Å². The van der Waals surface area contributed by atoms with Crippen LogP contribution in [0.4, 0.5) is 0 Å². The summed E-state index contributed by atoms with van der Waals surface area (Å²) in [4.78, 5) is 4.38. The second-order valence-electron chi connectivity index (χ2n) is 5.01. The SMILES string of the molecule is Cn1cnc2cc(CNCC3CNCCO3)ccc21. The zero-order chi connectivity index (χ0) is 13.1. The summed E-state index contributed by atoms with van der Waals surface area (Å²) in [5, 5.41) is 6.78. The third-order valence-electron chi connectivity index (χ3n) is 3.50. The molecule has 19 heavy (non-hydrogen) atoms. The van der Waals surface area contributed by atoms with Gasteiger partial charge in [0.25, 0.3) is 0 Å². The molecule has 0 amide bonds. The minimum atomic E-state index is 0.285. The molecule has 0 bridgehead atoms. The molecule has 5 nitrogen and oxygen atoms in total. The summed E-state index contributed by atoms with van der Waals surface area (Å²) in [5.74, 6) is 0. The number of nitrogens with zero attached hydrogens (tertiary/aromatic N) is 2. The molecule has 1 atom stereocenters. The summed E-state index contributed by atoms with van der Waals surface area (Å²) in [6, 6.07) is 6.41. The molecular weight excluding hydrogens is 240 g/mol. The van der Waals surface area contributed by atoms with E-state index in [1.807, 2.05) is 17.9 Å². The Kier molecular flexibility index (Phi) is 3.77. The first-order valence-electron chi connectivity index (χ1n) is 6.76. The van der Waals surface area contributed by atoms with Crippen molar-refractivity contribution in [1.82, 2.24) is 20.2 Å². The van der Waals surface area contributed by atoms with E-state index in [1.54, 1.807) is 0 Å². The van der Waals surface area contributed by atoms with Gasteiger partial charge in [0, 0.05) is 33.2 Å². The van der Waals surface area contributed by atoms with Gasteiger partial charge < -0.3 is 19.9 Å². The number of fused-ring (bicyclic) bond motifs is 1. The molecule has 1 aliphatic rings. The first-order chi connectivity index (χ1) is 9.33. The molecule has 0 spiro atoms. The van der Waals surface area contributed by atoms with Crippen LogP contribution in [0.25, 0.3) is 11.0 Å². The minimum Gasteiger partial charge on any atom is -0.374 e. The van der Waals surface area contributed by atoms with E-state index >= 15 is 0 Å². The number of morpholine rings is 1. The summed E-state index contributed by atoms with van der Waals surface area (Å²) in [6.07, 6.45) is 2.14. The zero-order valence-electron chi connectivity index (χ0n) is 11.2. The molecule has 1 fully saturated rings.